The van der Waals surface area contributed by atoms with Crippen LogP contribution in [0.2, 0.25) is 5.02 Å². The molecule has 2 fully saturated rings. The molecule has 31 heavy (non-hydrogen) atoms. The van der Waals surface area contributed by atoms with E-state index in [1.54, 1.807) is 12.1 Å². The van der Waals surface area contributed by atoms with Gasteiger partial charge in [-0.3, -0.25) is 14.5 Å². The number of likely N-dealkylation sites (tertiary alicyclic amines) is 1. The Labute approximate surface area is 187 Å². The van der Waals surface area contributed by atoms with Gasteiger partial charge in [0.15, 0.2) is 0 Å². The predicted molar refractivity (Wildman–Crippen MR) is 121 cm³/mol. The molecular formula is C24H28ClN3O3. The van der Waals surface area contributed by atoms with Crippen LogP contribution in [0.25, 0.3) is 0 Å². The number of methoxy groups -OCH3 is 1. The van der Waals surface area contributed by atoms with Gasteiger partial charge in [-0.05, 0) is 30.4 Å². The van der Waals surface area contributed by atoms with Gasteiger partial charge in [-0.25, -0.2) is 0 Å². The summed E-state index contributed by atoms with van der Waals surface area (Å²) < 4.78 is 5.43. The quantitative estimate of drug-likeness (QED) is 0.682. The van der Waals surface area contributed by atoms with Gasteiger partial charge in [0.05, 0.1) is 23.4 Å². The summed E-state index contributed by atoms with van der Waals surface area (Å²) in [4.78, 5) is 27.5. The summed E-state index contributed by atoms with van der Waals surface area (Å²) in [6, 6.07) is 13.6. The predicted octanol–water partition coefficient (Wildman–Crippen LogP) is 3.95. The van der Waals surface area contributed by atoms with E-state index in [4.69, 9.17) is 16.3 Å². The van der Waals surface area contributed by atoms with Gasteiger partial charge in [0.2, 0.25) is 5.91 Å². The number of carbonyl (C=O) groups excluding carboxylic acids is 2. The number of anilines is 1. The molecule has 1 heterocycles. The molecule has 7 heteroatoms. The first-order valence-corrected chi connectivity index (χ1v) is 11.1. The van der Waals surface area contributed by atoms with E-state index < -0.39 is 0 Å². The molecular weight excluding hydrogens is 414 g/mol. The van der Waals surface area contributed by atoms with Gasteiger partial charge >= 0.3 is 0 Å². The average molecular weight is 442 g/mol. The fourth-order valence-electron chi connectivity index (χ4n) is 4.05. The molecule has 2 aliphatic rings. The Balaban J connectivity index is 1.42. The minimum absolute atomic E-state index is 0.0361. The van der Waals surface area contributed by atoms with Gasteiger partial charge in [0, 0.05) is 37.7 Å². The minimum atomic E-state index is -0.225. The maximum Gasteiger partial charge on any atom is 0.255 e. The fraction of sp³-hybridized carbons (Fsp3) is 0.417. The SMILES string of the molecule is COc1cc(NC(=O)C2CC2)c(Cl)cc1C(=O)N[C@@H]1CN(Cc2ccccc2)C[C@@H]1C. The highest BCUT2D eigenvalue weighted by atomic mass is 35.5. The van der Waals surface area contributed by atoms with Crippen molar-refractivity contribution in [3.05, 3.63) is 58.6 Å². The highest BCUT2D eigenvalue weighted by Gasteiger charge is 2.32. The number of nitrogens with one attached hydrogen (secondary N) is 2. The Kier molecular flexibility index (Phi) is 6.49. The van der Waals surface area contributed by atoms with E-state index in [2.05, 4.69) is 34.6 Å². The third kappa shape index (κ3) is 5.20. The van der Waals surface area contributed by atoms with Crippen LogP contribution in [0, 0.1) is 11.8 Å². The number of rotatable bonds is 7. The van der Waals surface area contributed by atoms with Crippen molar-refractivity contribution in [1.82, 2.24) is 10.2 Å². The van der Waals surface area contributed by atoms with Crippen LogP contribution in [-0.2, 0) is 11.3 Å². The average Bonchev–Trinajstić information content (AvgIpc) is 3.55. The van der Waals surface area contributed by atoms with Crippen molar-refractivity contribution >= 4 is 29.1 Å². The second kappa shape index (κ2) is 9.28. The number of benzene rings is 2. The molecule has 0 radical (unpaired) electrons. The second-order valence-electron chi connectivity index (χ2n) is 8.53. The first-order valence-electron chi connectivity index (χ1n) is 10.7. The first-order chi connectivity index (χ1) is 14.9. The van der Waals surface area contributed by atoms with Crippen LogP contribution in [0.4, 0.5) is 5.69 Å². The number of nitrogens with zero attached hydrogens (tertiary/aromatic N) is 1. The van der Waals surface area contributed by atoms with Crippen molar-refractivity contribution in [3.8, 4) is 5.75 Å². The summed E-state index contributed by atoms with van der Waals surface area (Å²) in [7, 11) is 1.51. The summed E-state index contributed by atoms with van der Waals surface area (Å²) in [6.45, 7) is 4.72. The molecule has 164 valence electrons. The highest BCUT2D eigenvalue weighted by molar-refractivity contribution is 6.34. The lowest BCUT2D eigenvalue weighted by Gasteiger charge is -2.19. The van der Waals surface area contributed by atoms with E-state index in [-0.39, 0.29) is 23.8 Å². The molecule has 0 aromatic heterocycles. The number of hydrogen-bond donors (Lipinski definition) is 2. The highest BCUT2D eigenvalue weighted by Crippen LogP contribution is 2.35. The van der Waals surface area contributed by atoms with Gasteiger partial charge in [-0.1, -0.05) is 48.9 Å². The van der Waals surface area contributed by atoms with Gasteiger partial charge in [0.1, 0.15) is 5.75 Å². The fourth-order valence-corrected chi connectivity index (χ4v) is 4.26. The van der Waals surface area contributed by atoms with Crippen LogP contribution in [-0.4, -0.2) is 43.0 Å². The molecule has 1 aliphatic carbocycles. The molecule has 2 N–H and O–H groups in total. The van der Waals surface area contributed by atoms with Crippen LogP contribution in [0.5, 0.6) is 5.75 Å². The lowest BCUT2D eigenvalue weighted by molar-refractivity contribution is -0.117. The largest absolute Gasteiger partial charge is 0.496 e. The molecule has 1 saturated carbocycles. The van der Waals surface area contributed by atoms with Crippen LogP contribution >= 0.6 is 11.6 Å². The molecule has 2 amide bonds. The van der Waals surface area contributed by atoms with E-state index in [1.807, 2.05) is 18.2 Å². The van der Waals surface area contributed by atoms with Gasteiger partial charge in [-0.2, -0.15) is 0 Å². The smallest absolute Gasteiger partial charge is 0.255 e. The molecule has 4 rings (SSSR count). The van der Waals surface area contributed by atoms with Crippen molar-refractivity contribution in [1.29, 1.82) is 0 Å². The van der Waals surface area contributed by atoms with Crippen molar-refractivity contribution in [3.63, 3.8) is 0 Å². The summed E-state index contributed by atoms with van der Waals surface area (Å²) in [5.74, 6) is 0.510. The van der Waals surface area contributed by atoms with Gasteiger partial charge < -0.3 is 15.4 Å². The van der Waals surface area contributed by atoms with Crippen LogP contribution in [0.15, 0.2) is 42.5 Å². The number of amides is 2. The summed E-state index contributed by atoms with van der Waals surface area (Å²) in [5, 5.41) is 6.30. The third-order valence-electron chi connectivity index (χ3n) is 5.99. The lowest BCUT2D eigenvalue weighted by atomic mass is 10.1. The summed E-state index contributed by atoms with van der Waals surface area (Å²) in [6.07, 6.45) is 1.81. The summed E-state index contributed by atoms with van der Waals surface area (Å²) >= 11 is 6.37. The van der Waals surface area contributed by atoms with E-state index in [0.29, 0.717) is 27.9 Å². The molecule has 2 atom stereocenters. The zero-order valence-corrected chi connectivity index (χ0v) is 18.6. The van der Waals surface area contributed by atoms with Crippen molar-refractivity contribution in [2.45, 2.75) is 32.4 Å². The van der Waals surface area contributed by atoms with E-state index in [0.717, 1.165) is 32.5 Å². The van der Waals surface area contributed by atoms with Crippen molar-refractivity contribution in [2.24, 2.45) is 11.8 Å². The van der Waals surface area contributed by atoms with Crippen molar-refractivity contribution < 1.29 is 14.3 Å². The topological polar surface area (TPSA) is 70.7 Å². The molecule has 2 aromatic carbocycles. The molecule has 1 aliphatic heterocycles. The maximum atomic E-state index is 13.0. The molecule has 0 unspecified atom stereocenters. The first kappa shape index (κ1) is 21.7. The maximum absolute atomic E-state index is 13.0. The number of hydrogen-bond acceptors (Lipinski definition) is 4. The number of halogens is 1. The monoisotopic (exact) mass is 441 g/mol. The Hall–Kier alpha value is -2.57. The molecule has 1 saturated heterocycles. The Bertz CT molecular complexity index is 962. The van der Waals surface area contributed by atoms with Crippen molar-refractivity contribution in [2.75, 3.05) is 25.5 Å². The lowest BCUT2D eigenvalue weighted by Crippen LogP contribution is -2.40. The van der Waals surface area contributed by atoms with E-state index in [9.17, 15) is 9.59 Å². The standard InChI is InChI=1S/C24H28ClN3O3/c1-15-12-28(13-16-6-4-3-5-7-16)14-21(15)27-24(30)18-10-19(25)20(11-22(18)31-2)26-23(29)17-8-9-17/h3-7,10-11,15,17,21H,8-9,12-14H2,1-2H3,(H,26,29)(H,27,30)/t15-,21+/m0/s1. The second-order valence-corrected chi connectivity index (χ2v) is 8.94. The Morgan fingerprint density at radius 3 is 2.58 bits per heavy atom. The summed E-state index contributed by atoms with van der Waals surface area (Å²) in [5.41, 5.74) is 2.10. The Morgan fingerprint density at radius 2 is 1.90 bits per heavy atom. The molecule has 2 aromatic rings. The Morgan fingerprint density at radius 1 is 1.16 bits per heavy atom. The number of ether oxygens (including phenoxy) is 1. The van der Waals surface area contributed by atoms with Gasteiger partial charge in [0.25, 0.3) is 5.91 Å². The van der Waals surface area contributed by atoms with Crippen LogP contribution < -0.4 is 15.4 Å². The minimum Gasteiger partial charge on any atom is -0.496 e. The molecule has 0 spiro atoms. The normalized spacial score (nSPS) is 21.0. The third-order valence-corrected chi connectivity index (χ3v) is 6.31. The van der Waals surface area contributed by atoms with E-state index >= 15 is 0 Å². The number of carbonyl (C=O) groups is 2. The van der Waals surface area contributed by atoms with Crippen LogP contribution in [0.3, 0.4) is 0 Å². The zero-order chi connectivity index (χ0) is 22.0. The van der Waals surface area contributed by atoms with Gasteiger partial charge in [-0.15, -0.1) is 0 Å². The van der Waals surface area contributed by atoms with Crippen LogP contribution in [0.1, 0.15) is 35.7 Å². The zero-order valence-electron chi connectivity index (χ0n) is 17.9. The molecule has 0 bridgehead atoms. The van der Waals surface area contributed by atoms with E-state index in [1.165, 1.54) is 12.7 Å². The molecule has 6 nitrogen and oxygen atoms in total.